The van der Waals surface area contributed by atoms with Crippen LogP contribution in [0.5, 0.6) is 0 Å². The molecule has 398 valence electrons. The molecule has 0 atom stereocenters. The highest BCUT2D eigenvalue weighted by molar-refractivity contribution is 5.76. The van der Waals surface area contributed by atoms with Crippen molar-refractivity contribution in [3.8, 4) is 11.1 Å². The van der Waals surface area contributed by atoms with Crippen LogP contribution in [0.4, 0.5) is 11.4 Å². The quantitative estimate of drug-likeness (QED) is 0.101. The molecule has 0 bridgehead atoms. The molecule has 0 N–H and O–H groups in total. The van der Waals surface area contributed by atoms with Crippen LogP contribution in [-0.4, -0.2) is 9.85 Å². The Balaban J connectivity index is 0.000000144. The number of rotatable bonds is 10. The maximum Gasteiger partial charge on any atom is 0.269 e. The van der Waals surface area contributed by atoms with Gasteiger partial charge in [0, 0.05) is 24.3 Å². The second-order valence-corrected chi connectivity index (χ2v) is 20.7. The number of aryl methyl sites for hydroxylation is 8. The molecule has 0 fully saturated rings. The van der Waals surface area contributed by atoms with Crippen LogP contribution in [0.1, 0.15) is 100 Å². The molecule has 0 unspecified atom stereocenters. The predicted molar refractivity (Wildman–Crippen MR) is 329 cm³/mol. The van der Waals surface area contributed by atoms with Crippen molar-refractivity contribution in [3.63, 3.8) is 0 Å². The molecule has 0 aliphatic heterocycles. The second kappa shape index (κ2) is 28.4. The summed E-state index contributed by atoms with van der Waals surface area (Å²) in [5.41, 5.74) is 27.2. The fraction of sp³-hybridized carbons (Fsp3) is 0.178. The summed E-state index contributed by atoms with van der Waals surface area (Å²) in [5.74, 6) is 0. The van der Waals surface area contributed by atoms with Crippen LogP contribution in [0.2, 0.25) is 0 Å². The van der Waals surface area contributed by atoms with Crippen molar-refractivity contribution in [3.05, 3.63) is 351 Å². The van der Waals surface area contributed by atoms with E-state index in [0.29, 0.717) is 6.42 Å². The van der Waals surface area contributed by atoms with E-state index in [0.717, 1.165) is 36.8 Å². The van der Waals surface area contributed by atoms with E-state index in [9.17, 15) is 20.2 Å². The van der Waals surface area contributed by atoms with Crippen molar-refractivity contribution in [2.24, 2.45) is 0 Å². The average Bonchev–Trinajstić information content (AvgIpc) is 3.90. The van der Waals surface area contributed by atoms with Gasteiger partial charge in [0.05, 0.1) is 9.85 Å². The largest absolute Gasteiger partial charge is 0.269 e. The van der Waals surface area contributed by atoms with Crippen LogP contribution in [-0.2, 0) is 32.1 Å². The van der Waals surface area contributed by atoms with E-state index < -0.39 is 9.85 Å². The zero-order valence-electron chi connectivity index (χ0n) is 47.0. The highest BCUT2D eigenvalue weighted by Crippen LogP contribution is 2.36. The molecular weight excluding hydrogens is 969 g/mol. The van der Waals surface area contributed by atoms with Gasteiger partial charge in [-0.25, -0.2) is 0 Å². The van der Waals surface area contributed by atoms with E-state index in [4.69, 9.17) is 0 Å². The number of nitro groups is 2. The fourth-order valence-corrected chi connectivity index (χ4v) is 10.0. The first-order valence-corrected chi connectivity index (χ1v) is 27.0. The van der Waals surface area contributed by atoms with Crippen LogP contribution < -0.4 is 0 Å². The second-order valence-electron chi connectivity index (χ2n) is 20.7. The van der Waals surface area contributed by atoms with E-state index in [1.807, 2.05) is 0 Å². The summed E-state index contributed by atoms with van der Waals surface area (Å²) in [6.45, 7) is 17.5. The summed E-state index contributed by atoms with van der Waals surface area (Å²) in [6, 6.07) is 77.5. The third kappa shape index (κ3) is 17.5. The molecule has 0 radical (unpaired) electrons. The molecular formula is C73H72N2O4. The molecule has 0 saturated heterocycles. The molecule has 0 amide bonds. The minimum atomic E-state index is -0.449. The number of hydrogen-bond acceptors (Lipinski definition) is 4. The minimum Gasteiger partial charge on any atom is -0.258 e. The van der Waals surface area contributed by atoms with Gasteiger partial charge in [-0.3, -0.25) is 20.2 Å². The molecule has 1 aliphatic rings. The first kappa shape index (κ1) is 57.7. The first-order valence-electron chi connectivity index (χ1n) is 27.0. The Labute approximate surface area is 468 Å². The van der Waals surface area contributed by atoms with Crippen molar-refractivity contribution < 1.29 is 9.85 Å². The van der Waals surface area contributed by atoms with Crippen molar-refractivity contribution in [1.29, 1.82) is 0 Å². The molecule has 6 nitrogen and oxygen atoms in total. The van der Waals surface area contributed by atoms with Crippen LogP contribution in [0.3, 0.4) is 0 Å². The van der Waals surface area contributed by atoms with Gasteiger partial charge in [0.15, 0.2) is 0 Å². The first-order chi connectivity index (χ1) is 38.1. The molecule has 0 spiro atoms. The van der Waals surface area contributed by atoms with Crippen LogP contribution >= 0.6 is 0 Å². The average molecular weight is 1040 g/mol. The Morgan fingerprint density at radius 1 is 0.304 bits per heavy atom. The molecule has 0 saturated carbocycles. The molecule has 10 aromatic carbocycles. The minimum absolute atomic E-state index is 0.0486. The number of nitro benzene ring substituents is 2. The molecule has 11 rings (SSSR count). The van der Waals surface area contributed by atoms with Crippen LogP contribution in [0.15, 0.2) is 231 Å². The Hall–Kier alpha value is -9.00. The van der Waals surface area contributed by atoms with E-state index in [1.165, 1.54) is 124 Å². The van der Waals surface area contributed by atoms with Gasteiger partial charge < -0.3 is 0 Å². The maximum absolute atomic E-state index is 10.5. The summed E-state index contributed by atoms with van der Waals surface area (Å²) in [4.78, 5) is 20.1. The molecule has 0 heterocycles. The van der Waals surface area contributed by atoms with Crippen LogP contribution in [0.25, 0.3) is 11.1 Å². The topological polar surface area (TPSA) is 86.3 Å². The highest BCUT2D eigenvalue weighted by atomic mass is 16.6. The SMILES string of the molecule is Cc1cc(C)c(Cc2c(C)cc(C)cc2C)c(C)c1.Cc1ccc(Cc2ccc(C)cc2)cc1.O=[N+]([O-])c1ccc(Cc2ccc([N+](=O)[O-])cc2)cc1.c1ccc(Cc2ccccc2)cc1.c1ccc2c(c1)Cc1ccccc1-2. The van der Waals surface area contributed by atoms with Crippen molar-refractivity contribution >= 4 is 11.4 Å². The Morgan fingerprint density at radius 3 is 0.873 bits per heavy atom. The van der Waals surface area contributed by atoms with Gasteiger partial charge in [-0.05, 0) is 177 Å². The summed E-state index contributed by atoms with van der Waals surface area (Å²) in [5, 5.41) is 21.0. The Bertz CT molecular complexity index is 3290. The normalized spacial score (nSPS) is 10.6. The standard InChI is InChI=1S/C19H24.C15H16.C13H10N2O4.C13H10.C13H12/c1-12-7-14(3)18(15(4)8-12)11-19-16(5)9-13(2)10-17(19)6;1-12-3-7-14(8-4-12)11-15-9-5-13(2)6-10-15;16-14(17)12-5-1-10(2-6-12)9-11-3-7-13(8-4-11)15(18)19;1-3-7-12-10(5-1)9-11-6-2-4-8-13(11)12;1-3-7-12(8-4-1)11-13-9-5-2-6-10-13/h7-10H,11H2,1-6H3;3-10H,11H2,1-2H3;1-8H,9H2;1-8H,9H2;1-10H,11H2. The highest BCUT2D eigenvalue weighted by Gasteiger charge is 2.16. The van der Waals surface area contributed by atoms with E-state index in [-0.39, 0.29) is 11.4 Å². The van der Waals surface area contributed by atoms with Gasteiger partial charge in [0.2, 0.25) is 0 Å². The lowest BCUT2D eigenvalue weighted by Gasteiger charge is -2.16. The van der Waals surface area contributed by atoms with E-state index in [1.54, 1.807) is 24.3 Å². The van der Waals surface area contributed by atoms with Crippen LogP contribution in [0, 0.1) is 75.6 Å². The van der Waals surface area contributed by atoms with Gasteiger partial charge in [-0.15, -0.1) is 0 Å². The van der Waals surface area contributed by atoms with Crippen molar-refractivity contribution in [2.45, 2.75) is 87.5 Å². The van der Waals surface area contributed by atoms with Gasteiger partial charge in [-0.2, -0.15) is 0 Å². The van der Waals surface area contributed by atoms with E-state index in [2.05, 4.69) is 237 Å². The zero-order chi connectivity index (χ0) is 56.3. The smallest absolute Gasteiger partial charge is 0.258 e. The zero-order valence-corrected chi connectivity index (χ0v) is 47.0. The number of non-ortho nitro benzene ring substituents is 2. The number of nitrogens with zero attached hydrogens (tertiary/aromatic N) is 2. The summed E-state index contributed by atoms with van der Waals surface area (Å²) in [6.07, 6.45) is 4.79. The Kier molecular flexibility index (Phi) is 20.7. The van der Waals surface area contributed by atoms with Crippen molar-refractivity contribution in [2.75, 3.05) is 0 Å². The van der Waals surface area contributed by atoms with Gasteiger partial charge in [0.25, 0.3) is 11.4 Å². The molecule has 79 heavy (non-hydrogen) atoms. The number of fused-ring (bicyclic) bond motifs is 3. The third-order valence-corrected chi connectivity index (χ3v) is 14.2. The Morgan fingerprint density at radius 2 is 0.570 bits per heavy atom. The van der Waals surface area contributed by atoms with Gasteiger partial charge in [0.1, 0.15) is 0 Å². The molecule has 10 aromatic rings. The third-order valence-electron chi connectivity index (χ3n) is 14.2. The summed E-state index contributed by atoms with van der Waals surface area (Å²) in [7, 11) is 0. The van der Waals surface area contributed by atoms with Crippen molar-refractivity contribution in [1.82, 2.24) is 0 Å². The summed E-state index contributed by atoms with van der Waals surface area (Å²) < 4.78 is 0. The lowest BCUT2D eigenvalue weighted by molar-refractivity contribution is -0.385. The molecule has 6 heteroatoms. The lowest BCUT2D eigenvalue weighted by Crippen LogP contribution is -2.01. The molecule has 0 aromatic heterocycles. The van der Waals surface area contributed by atoms with Gasteiger partial charge in [-0.1, -0.05) is 229 Å². The lowest BCUT2D eigenvalue weighted by atomic mass is 9.89. The number of hydrogen-bond donors (Lipinski definition) is 0. The molecule has 1 aliphatic carbocycles. The number of benzene rings is 10. The maximum atomic E-state index is 10.5. The monoisotopic (exact) mass is 1040 g/mol. The summed E-state index contributed by atoms with van der Waals surface area (Å²) >= 11 is 0. The van der Waals surface area contributed by atoms with Gasteiger partial charge >= 0.3 is 0 Å². The van der Waals surface area contributed by atoms with E-state index >= 15 is 0 Å². The fourth-order valence-electron chi connectivity index (χ4n) is 10.0. The predicted octanol–water partition coefficient (Wildman–Crippen LogP) is 18.7.